The maximum absolute atomic E-state index is 10.7. The Labute approximate surface area is 112 Å². The van der Waals surface area contributed by atoms with Gasteiger partial charge in [0.05, 0.1) is 11.0 Å². The summed E-state index contributed by atoms with van der Waals surface area (Å²) in [6, 6.07) is 10.5. The standard InChI is InChI=1S/C11H7ClO2.Hg/c12-10-8-4-2-1-3-7(8)5-6-9(10)11(13)14;/h1-6H,(H,13,14);/q;+1/p-1. The first kappa shape index (κ1) is 12.5. The van der Waals surface area contributed by atoms with E-state index in [1.54, 1.807) is 12.1 Å². The van der Waals surface area contributed by atoms with Crippen molar-refractivity contribution in [2.24, 2.45) is 0 Å². The fourth-order valence-electron chi connectivity index (χ4n) is 1.39. The summed E-state index contributed by atoms with van der Waals surface area (Å²) in [4.78, 5) is 10.7. The first-order valence-corrected chi connectivity index (χ1v) is 4.46. The molecular weight excluding hydrogens is 400 g/mol. The maximum atomic E-state index is 10.7. The Morgan fingerprint density at radius 1 is 1.13 bits per heavy atom. The second-order valence-electron chi connectivity index (χ2n) is 2.94. The van der Waals surface area contributed by atoms with Gasteiger partial charge in [-0.3, -0.25) is 0 Å². The number of carboxylic acid groups (broad SMARTS) is 1. The van der Waals surface area contributed by atoms with Gasteiger partial charge in [-0.1, -0.05) is 48.0 Å². The van der Waals surface area contributed by atoms with E-state index in [0.29, 0.717) is 0 Å². The molecule has 0 N–H and O–H groups in total. The van der Waals surface area contributed by atoms with Crippen LogP contribution in [0, 0.1) is 0 Å². The van der Waals surface area contributed by atoms with Crippen LogP contribution in [0.4, 0.5) is 0 Å². The number of benzene rings is 2. The Hall–Kier alpha value is -0.605. The molecule has 0 aromatic heterocycles. The SMILES string of the molecule is O=C([O-])c1ccc2ccccc2c1Cl.[Hg+]. The summed E-state index contributed by atoms with van der Waals surface area (Å²) >= 11 is 5.92. The summed E-state index contributed by atoms with van der Waals surface area (Å²) in [5.74, 6) is -1.25. The molecule has 0 saturated heterocycles. The van der Waals surface area contributed by atoms with Crippen molar-refractivity contribution in [1.82, 2.24) is 0 Å². The molecule has 0 spiro atoms. The summed E-state index contributed by atoms with van der Waals surface area (Å²) < 4.78 is 0. The van der Waals surface area contributed by atoms with Gasteiger partial charge in [-0.2, -0.15) is 0 Å². The third-order valence-electron chi connectivity index (χ3n) is 2.08. The molecule has 2 rings (SSSR count). The Kier molecular flexibility index (Phi) is 4.11. The van der Waals surface area contributed by atoms with Gasteiger partial charge in [-0.15, -0.1) is 0 Å². The van der Waals surface area contributed by atoms with Crippen LogP contribution in [0.2, 0.25) is 5.02 Å². The van der Waals surface area contributed by atoms with Crippen LogP contribution >= 0.6 is 11.6 Å². The molecule has 2 aromatic carbocycles. The minimum absolute atomic E-state index is 0. The number of aromatic carboxylic acids is 1. The zero-order valence-electron chi connectivity index (χ0n) is 7.87. The summed E-state index contributed by atoms with van der Waals surface area (Å²) in [6.45, 7) is 0. The minimum atomic E-state index is -1.25. The maximum Gasteiger partial charge on any atom is 1.00 e. The van der Waals surface area contributed by atoms with Crippen molar-refractivity contribution in [2.45, 2.75) is 0 Å². The second-order valence-corrected chi connectivity index (χ2v) is 3.31. The van der Waals surface area contributed by atoms with Gasteiger partial charge in [-0.25, -0.2) is 0 Å². The predicted molar refractivity (Wildman–Crippen MR) is 53.3 cm³/mol. The van der Waals surface area contributed by atoms with E-state index >= 15 is 0 Å². The van der Waals surface area contributed by atoms with Crippen LogP contribution < -0.4 is 5.11 Å². The molecule has 0 unspecified atom stereocenters. The number of rotatable bonds is 1. The molecule has 0 aliphatic rings. The van der Waals surface area contributed by atoms with Crippen molar-refractivity contribution in [3.8, 4) is 0 Å². The fourth-order valence-corrected chi connectivity index (χ4v) is 1.70. The van der Waals surface area contributed by atoms with E-state index in [1.165, 1.54) is 6.07 Å². The fraction of sp³-hybridized carbons (Fsp3) is 0. The number of hydrogen-bond donors (Lipinski definition) is 0. The van der Waals surface area contributed by atoms with Crippen molar-refractivity contribution in [1.29, 1.82) is 0 Å². The molecular formula is C11H6ClHgO2. The van der Waals surface area contributed by atoms with Crippen LogP contribution in [0.1, 0.15) is 10.4 Å². The van der Waals surface area contributed by atoms with Gasteiger partial charge in [0.1, 0.15) is 0 Å². The van der Waals surface area contributed by atoms with Gasteiger partial charge in [-0.05, 0) is 5.39 Å². The molecule has 0 heterocycles. The van der Waals surface area contributed by atoms with Gasteiger partial charge in [0.15, 0.2) is 0 Å². The Morgan fingerprint density at radius 3 is 2.47 bits per heavy atom. The predicted octanol–water partition coefficient (Wildman–Crippen LogP) is 1.85. The summed E-state index contributed by atoms with van der Waals surface area (Å²) in [7, 11) is 0. The topological polar surface area (TPSA) is 40.1 Å². The largest absolute Gasteiger partial charge is 1.00 e. The summed E-state index contributed by atoms with van der Waals surface area (Å²) in [5, 5.41) is 12.6. The van der Waals surface area contributed by atoms with Crippen LogP contribution in [0.5, 0.6) is 0 Å². The zero-order valence-corrected chi connectivity index (χ0v) is 14.1. The third-order valence-corrected chi connectivity index (χ3v) is 2.49. The average Bonchev–Trinajstić information content (AvgIpc) is 2.18. The van der Waals surface area contributed by atoms with E-state index in [9.17, 15) is 9.90 Å². The molecule has 4 heteroatoms. The van der Waals surface area contributed by atoms with Crippen molar-refractivity contribution in [3.63, 3.8) is 0 Å². The molecule has 0 fully saturated rings. The van der Waals surface area contributed by atoms with Crippen LogP contribution in [0.25, 0.3) is 10.8 Å². The molecule has 0 atom stereocenters. The monoisotopic (exact) mass is 407 g/mol. The normalized spacial score (nSPS) is 9.67. The van der Waals surface area contributed by atoms with E-state index in [4.69, 9.17) is 11.6 Å². The molecule has 0 saturated carbocycles. The Bertz CT molecular complexity index is 511. The molecule has 71 valence electrons. The van der Waals surface area contributed by atoms with Gasteiger partial charge in [0.2, 0.25) is 0 Å². The van der Waals surface area contributed by atoms with E-state index in [2.05, 4.69) is 0 Å². The first-order chi connectivity index (χ1) is 6.70. The van der Waals surface area contributed by atoms with Crippen LogP contribution in [-0.4, -0.2) is 5.97 Å². The molecule has 0 amide bonds. The summed E-state index contributed by atoms with van der Waals surface area (Å²) in [6.07, 6.45) is 0. The smallest absolute Gasteiger partial charge is 0.545 e. The second kappa shape index (κ2) is 4.95. The van der Waals surface area contributed by atoms with E-state index in [-0.39, 0.29) is 38.3 Å². The van der Waals surface area contributed by atoms with Crippen LogP contribution in [0.3, 0.4) is 0 Å². The Balaban J connectivity index is 0.00000112. The molecule has 15 heavy (non-hydrogen) atoms. The van der Waals surface area contributed by atoms with Crippen molar-refractivity contribution < 1.29 is 37.6 Å². The van der Waals surface area contributed by atoms with Gasteiger partial charge in [0.25, 0.3) is 0 Å². The Morgan fingerprint density at radius 2 is 1.80 bits per heavy atom. The number of carbonyl (C=O) groups is 1. The number of carbonyl (C=O) groups excluding carboxylic acids is 1. The van der Waals surface area contributed by atoms with E-state index in [0.717, 1.165) is 10.8 Å². The van der Waals surface area contributed by atoms with Crippen LogP contribution in [-0.2, 0) is 27.7 Å². The number of carboxylic acids is 1. The van der Waals surface area contributed by atoms with Gasteiger partial charge < -0.3 is 9.90 Å². The average molecular weight is 406 g/mol. The van der Waals surface area contributed by atoms with Crippen molar-refractivity contribution in [2.75, 3.05) is 0 Å². The third kappa shape index (κ3) is 2.32. The first-order valence-electron chi connectivity index (χ1n) is 4.09. The molecule has 0 aliphatic heterocycles. The van der Waals surface area contributed by atoms with Crippen LogP contribution in [0.15, 0.2) is 36.4 Å². The molecule has 0 bridgehead atoms. The molecule has 2 nitrogen and oxygen atoms in total. The van der Waals surface area contributed by atoms with Gasteiger partial charge >= 0.3 is 27.7 Å². The minimum Gasteiger partial charge on any atom is -0.545 e. The molecule has 0 aliphatic carbocycles. The zero-order chi connectivity index (χ0) is 10.1. The van der Waals surface area contributed by atoms with Gasteiger partial charge in [0, 0.05) is 10.9 Å². The van der Waals surface area contributed by atoms with Crippen molar-refractivity contribution >= 4 is 28.3 Å². The van der Waals surface area contributed by atoms with E-state index in [1.807, 2.05) is 18.2 Å². The van der Waals surface area contributed by atoms with Crippen molar-refractivity contribution in [3.05, 3.63) is 47.0 Å². The number of halogens is 1. The number of hydrogen-bond acceptors (Lipinski definition) is 2. The van der Waals surface area contributed by atoms with E-state index < -0.39 is 5.97 Å². The molecule has 2 aromatic rings. The number of fused-ring (bicyclic) bond motifs is 1. The summed E-state index contributed by atoms with van der Waals surface area (Å²) in [5.41, 5.74) is 0.0327. The molecule has 1 radical (unpaired) electrons. The quantitative estimate of drug-likeness (QED) is 0.679.